The smallest absolute Gasteiger partial charge is 0.283 e. The Balaban J connectivity index is 1.69. The molecule has 0 bridgehead atoms. The quantitative estimate of drug-likeness (QED) is 0.510. The molecule has 10 heteroatoms. The van der Waals surface area contributed by atoms with Gasteiger partial charge in [0.25, 0.3) is 10.0 Å². The van der Waals surface area contributed by atoms with E-state index in [9.17, 15) is 13.2 Å². The second-order valence-corrected chi connectivity index (χ2v) is 10.2. The molecule has 2 aromatic carbocycles. The van der Waals surface area contributed by atoms with Gasteiger partial charge < -0.3 is 14.2 Å². The van der Waals surface area contributed by atoms with Gasteiger partial charge >= 0.3 is 0 Å². The Morgan fingerprint density at radius 1 is 1.18 bits per heavy atom. The third kappa shape index (κ3) is 5.05. The van der Waals surface area contributed by atoms with E-state index in [1.54, 1.807) is 46.8 Å². The number of imidazole rings is 1. The van der Waals surface area contributed by atoms with Gasteiger partial charge in [0.1, 0.15) is 6.61 Å². The third-order valence-corrected chi connectivity index (χ3v) is 7.50. The van der Waals surface area contributed by atoms with E-state index in [-0.39, 0.29) is 24.1 Å². The van der Waals surface area contributed by atoms with E-state index in [0.717, 1.165) is 16.7 Å². The number of benzene rings is 2. The van der Waals surface area contributed by atoms with Gasteiger partial charge in [0.05, 0.1) is 18.6 Å². The van der Waals surface area contributed by atoms with Crippen molar-refractivity contribution in [1.82, 2.24) is 14.5 Å². The maximum absolute atomic E-state index is 13.6. The van der Waals surface area contributed by atoms with Gasteiger partial charge in [-0.1, -0.05) is 29.8 Å². The Labute approximate surface area is 198 Å². The number of anilines is 1. The van der Waals surface area contributed by atoms with Crippen LogP contribution in [0, 0.1) is 0 Å². The van der Waals surface area contributed by atoms with Crippen LogP contribution in [-0.4, -0.2) is 49.0 Å². The van der Waals surface area contributed by atoms with Crippen LogP contribution < -0.4 is 4.31 Å². The number of carbonyl (C=O) groups is 1. The molecule has 1 aliphatic heterocycles. The van der Waals surface area contributed by atoms with Crippen molar-refractivity contribution in [3.63, 3.8) is 0 Å². The van der Waals surface area contributed by atoms with Crippen LogP contribution in [0.25, 0.3) is 0 Å². The number of hydrogen-bond acceptors (Lipinski definition) is 5. The molecule has 1 aromatic heterocycles. The van der Waals surface area contributed by atoms with Crippen molar-refractivity contribution in [1.29, 1.82) is 0 Å². The van der Waals surface area contributed by atoms with Crippen LogP contribution in [0.4, 0.5) is 5.69 Å². The van der Waals surface area contributed by atoms with Gasteiger partial charge in [-0.25, -0.2) is 4.98 Å². The van der Waals surface area contributed by atoms with Gasteiger partial charge in [0.15, 0.2) is 5.03 Å². The van der Waals surface area contributed by atoms with Crippen LogP contribution in [0.2, 0.25) is 5.02 Å². The van der Waals surface area contributed by atoms with E-state index in [1.165, 1.54) is 23.9 Å². The number of rotatable bonds is 7. The number of aromatic nitrogens is 2. The van der Waals surface area contributed by atoms with Crippen molar-refractivity contribution in [3.05, 3.63) is 76.7 Å². The normalized spacial score (nSPS) is 13.6. The van der Waals surface area contributed by atoms with Gasteiger partial charge in [-0.05, 0) is 47.4 Å². The average Bonchev–Trinajstić information content (AvgIpc) is 3.25. The molecule has 1 aliphatic rings. The molecule has 0 radical (unpaired) electrons. The van der Waals surface area contributed by atoms with E-state index < -0.39 is 10.0 Å². The first-order valence-electron chi connectivity index (χ1n) is 10.4. The molecular weight excluding hydrogens is 464 g/mol. The lowest BCUT2D eigenvalue weighted by atomic mass is 9.99. The highest BCUT2D eigenvalue weighted by atomic mass is 35.5. The fraction of sp³-hybridized carbons (Fsp3) is 0.304. The zero-order chi connectivity index (χ0) is 23.6. The molecule has 0 spiro atoms. The molecule has 0 aliphatic carbocycles. The summed E-state index contributed by atoms with van der Waals surface area (Å²) in [5, 5.41) is 0.562. The number of halogens is 1. The van der Waals surface area contributed by atoms with Crippen LogP contribution in [0.1, 0.15) is 16.7 Å². The number of sulfonamides is 1. The molecule has 1 amide bonds. The predicted molar refractivity (Wildman–Crippen MR) is 125 cm³/mol. The molecule has 0 unspecified atom stereocenters. The summed E-state index contributed by atoms with van der Waals surface area (Å²) in [6, 6.07) is 12.6. The first kappa shape index (κ1) is 23.3. The molecule has 0 N–H and O–H groups in total. The molecule has 0 atom stereocenters. The fourth-order valence-electron chi connectivity index (χ4n) is 3.83. The van der Waals surface area contributed by atoms with Gasteiger partial charge in [0, 0.05) is 38.5 Å². The zero-order valence-corrected chi connectivity index (χ0v) is 20.0. The van der Waals surface area contributed by atoms with Gasteiger partial charge in [-0.15, -0.1) is 0 Å². The summed E-state index contributed by atoms with van der Waals surface area (Å²) in [7, 11) is -0.686. The molecular formula is C23H25ClN4O4S. The van der Waals surface area contributed by atoms with Crippen LogP contribution >= 0.6 is 11.6 Å². The number of carbonyl (C=O) groups excluding carboxylic acids is 1. The largest absolute Gasteiger partial charge is 0.375 e. The molecule has 0 saturated heterocycles. The number of aryl methyl sites for hydroxylation is 1. The van der Waals surface area contributed by atoms with Crippen LogP contribution in [0.3, 0.4) is 0 Å². The average molecular weight is 489 g/mol. The lowest BCUT2D eigenvalue weighted by molar-refractivity contribution is -0.136. The SMILES string of the molecule is COCC(=O)N1CCc2cc(N(Cc3ccc(Cl)cc3)S(=O)(=O)c3cn(C)cn3)ccc2C1. The highest BCUT2D eigenvalue weighted by Gasteiger charge is 2.29. The summed E-state index contributed by atoms with van der Waals surface area (Å²) in [5.41, 5.74) is 3.36. The minimum atomic E-state index is -3.91. The van der Waals surface area contributed by atoms with Crippen molar-refractivity contribution in [2.45, 2.75) is 24.5 Å². The van der Waals surface area contributed by atoms with Crippen molar-refractivity contribution in [2.75, 3.05) is 24.6 Å². The Hall–Kier alpha value is -2.88. The van der Waals surface area contributed by atoms with Crippen molar-refractivity contribution in [2.24, 2.45) is 7.05 Å². The lowest BCUT2D eigenvalue weighted by Gasteiger charge is -2.30. The molecule has 174 valence electrons. The summed E-state index contributed by atoms with van der Waals surface area (Å²) >= 11 is 6.01. The number of amides is 1. The van der Waals surface area contributed by atoms with Crippen molar-refractivity contribution >= 4 is 33.2 Å². The fourth-order valence-corrected chi connectivity index (χ4v) is 5.37. The van der Waals surface area contributed by atoms with Crippen LogP contribution in [0.5, 0.6) is 0 Å². The molecule has 8 nitrogen and oxygen atoms in total. The summed E-state index contributed by atoms with van der Waals surface area (Å²) in [5.74, 6) is -0.0608. The number of methoxy groups -OCH3 is 1. The zero-order valence-electron chi connectivity index (χ0n) is 18.4. The minimum absolute atomic E-state index is 0.0204. The number of nitrogens with zero attached hydrogens (tertiary/aromatic N) is 4. The second-order valence-electron chi connectivity index (χ2n) is 7.97. The van der Waals surface area contributed by atoms with Gasteiger partial charge in [0.2, 0.25) is 5.91 Å². The highest BCUT2D eigenvalue weighted by Crippen LogP contribution is 2.30. The summed E-state index contributed by atoms with van der Waals surface area (Å²) in [4.78, 5) is 18.0. The monoisotopic (exact) mass is 488 g/mol. The highest BCUT2D eigenvalue weighted by molar-refractivity contribution is 7.92. The Bertz CT molecular complexity index is 1260. The van der Waals surface area contributed by atoms with E-state index >= 15 is 0 Å². The minimum Gasteiger partial charge on any atom is -0.375 e. The first-order chi connectivity index (χ1) is 15.8. The maximum atomic E-state index is 13.6. The van der Waals surface area contributed by atoms with Gasteiger partial charge in [-0.3, -0.25) is 9.10 Å². The third-order valence-electron chi connectivity index (χ3n) is 5.59. The molecule has 4 rings (SSSR count). The van der Waals surface area contributed by atoms with E-state index in [4.69, 9.17) is 16.3 Å². The van der Waals surface area contributed by atoms with Crippen LogP contribution in [0.15, 0.2) is 60.0 Å². The van der Waals surface area contributed by atoms with E-state index in [1.807, 2.05) is 12.1 Å². The van der Waals surface area contributed by atoms with E-state index in [2.05, 4.69) is 4.98 Å². The number of fused-ring (bicyclic) bond motifs is 1. The topological polar surface area (TPSA) is 84.7 Å². The number of ether oxygens (including phenoxy) is 1. The molecule has 3 aromatic rings. The summed E-state index contributed by atoms with van der Waals surface area (Å²) in [6.07, 6.45) is 3.59. The Morgan fingerprint density at radius 3 is 2.61 bits per heavy atom. The van der Waals surface area contributed by atoms with Crippen molar-refractivity contribution in [3.8, 4) is 0 Å². The Kier molecular flexibility index (Phi) is 6.73. The standard InChI is InChI=1S/C23H25ClN4O4S/c1-26-14-22(25-16-26)33(30,31)28(12-17-3-6-20(24)7-4-17)21-8-5-19-13-27(23(29)15-32-2)10-9-18(19)11-21/h3-8,11,14,16H,9-10,12-13,15H2,1-2H3. The van der Waals surface area contributed by atoms with Gasteiger partial charge in [-0.2, -0.15) is 8.42 Å². The summed E-state index contributed by atoms with van der Waals surface area (Å²) in [6.45, 7) is 1.21. The second kappa shape index (κ2) is 9.54. The number of hydrogen-bond donors (Lipinski definition) is 0. The molecule has 0 saturated carbocycles. The Morgan fingerprint density at radius 2 is 1.94 bits per heavy atom. The molecule has 2 heterocycles. The first-order valence-corrected chi connectivity index (χ1v) is 12.2. The molecule has 0 fully saturated rings. The maximum Gasteiger partial charge on any atom is 0.283 e. The van der Waals surface area contributed by atoms with Crippen molar-refractivity contribution < 1.29 is 17.9 Å². The summed E-state index contributed by atoms with van der Waals surface area (Å²) < 4.78 is 35.0. The molecule has 33 heavy (non-hydrogen) atoms. The lowest BCUT2D eigenvalue weighted by Crippen LogP contribution is -2.38. The van der Waals surface area contributed by atoms with E-state index in [0.29, 0.717) is 30.2 Å². The van der Waals surface area contributed by atoms with Crippen LogP contribution in [-0.2, 0) is 46.1 Å². The predicted octanol–water partition coefficient (Wildman–Crippen LogP) is 3.00.